The first-order valence-corrected chi connectivity index (χ1v) is 7.42. The third-order valence-corrected chi connectivity index (χ3v) is 3.05. The Morgan fingerprint density at radius 3 is 2.32 bits per heavy atom. The quantitative estimate of drug-likeness (QED) is 0.745. The molecule has 1 N–H and O–H groups in total. The number of carbonyl (C=O) groups is 1. The van der Waals surface area contributed by atoms with Crippen molar-refractivity contribution in [3.05, 3.63) is 72.8 Å². The van der Waals surface area contributed by atoms with Crippen LogP contribution in [0.4, 0.5) is 10.1 Å². The number of rotatable bonds is 6. The van der Waals surface area contributed by atoms with E-state index in [1.165, 1.54) is 36.7 Å². The number of ether oxygens (including phenoxy) is 2. The van der Waals surface area contributed by atoms with Crippen LogP contribution in [-0.4, -0.2) is 22.5 Å². The van der Waals surface area contributed by atoms with Crippen LogP contribution in [0.3, 0.4) is 0 Å². The minimum atomic E-state index is -0.385. The summed E-state index contributed by atoms with van der Waals surface area (Å²) < 4.78 is 23.5. The van der Waals surface area contributed by atoms with Crippen LogP contribution in [-0.2, 0) is 4.79 Å². The molecule has 0 unspecified atom stereocenters. The van der Waals surface area contributed by atoms with Crippen LogP contribution in [0.15, 0.2) is 67.0 Å². The molecule has 3 rings (SSSR count). The summed E-state index contributed by atoms with van der Waals surface area (Å²) in [7, 11) is 0. The zero-order valence-electron chi connectivity index (χ0n) is 13.1. The lowest BCUT2D eigenvalue weighted by molar-refractivity contribution is -0.118. The Morgan fingerprint density at radius 2 is 1.64 bits per heavy atom. The number of hydrogen-bond acceptors (Lipinski definition) is 5. The SMILES string of the molecule is O=C(COc1ccc(F)cc1)Nc1cnc(Oc2ccccc2)nc1. The van der Waals surface area contributed by atoms with E-state index in [1.807, 2.05) is 18.2 Å². The Kier molecular flexibility index (Phi) is 5.16. The first kappa shape index (κ1) is 16.4. The normalized spacial score (nSPS) is 10.1. The molecule has 0 aliphatic carbocycles. The molecule has 126 valence electrons. The van der Waals surface area contributed by atoms with Gasteiger partial charge < -0.3 is 14.8 Å². The van der Waals surface area contributed by atoms with Crippen LogP contribution in [0.5, 0.6) is 17.5 Å². The van der Waals surface area contributed by atoms with E-state index in [1.54, 1.807) is 12.1 Å². The molecule has 7 heteroatoms. The van der Waals surface area contributed by atoms with Gasteiger partial charge >= 0.3 is 6.01 Å². The van der Waals surface area contributed by atoms with Crippen molar-refractivity contribution >= 4 is 11.6 Å². The lowest BCUT2D eigenvalue weighted by Crippen LogP contribution is -2.20. The Balaban J connectivity index is 1.50. The molecule has 0 aliphatic rings. The molecule has 25 heavy (non-hydrogen) atoms. The molecular weight excluding hydrogens is 325 g/mol. The number of aromatic nitrogens is 2. The summed E-state index contributed by atoms with van der Waals surface area (Å²) in [5.74, 6) is 0.266. The van der Waals surface area contributed by atoms with Gasteiger partial charge in [0, 0.05) is 0 Å². The van der Waals surface area contributed by atoms with Gasteiger partial charge in [-0.05, 0) is 36.4 Å². The molecule has 0 atom stereocenters. The number of carbonyl (C=O) groups excluding carboxylic acids is 1. The zero-order chi connectivity index (χ0) is 17.5. The average molecular weight is 339 g/mol. The highest BCUT2D eigenvalue weighted by Crippen LogP contribution is 2.17. The molecule has 0 saturated heterocycles. The van der Waals surface area contributed by atoms with Gasteiger partial charge in [-0.2, -0.15) is 0 Å². The smallest absolute Gasteiger partial charge is 0.322 e. The summed E-state index contributed by atoms with van der Waals surface area (Å²) in [6.07, 6.45) is 2.86. The van der Waals surface area contributed by atoms with E-state index in [-0.39, 0.29) is 24.3 Å². The maximum atomic E-state index is 12.8. The van der Waals surface area contributed by atoms with Gasteiger partial charge in [0.1, 0.15) is 17.3 Å². The van der Waals surface area contributed by atoms with Crippen LogP contribution in [0.25, 0.3) is 0 Å². The minimum Gasteiger partial charge on any atom is -0.484 e. The second kappa shape index (κ2) is 7.87. The summed E-state index contributed by atoms with van der Waals surface area (Å²) in [5.41, 5.74) is 0.410. The van der Waals surface area contributed by atoms with Crippen molar-refractivity contribution in [1.82, 2.24) is 9.97 Å². The zero-order valence-corrected chi connectivity index (χ0v) is 13.1. The monoisotopic (exact) mass is 339 g/mol. The Morgan fingerprint density at radius 1 is 0.960 bits per heavy atom. The molecule has 0 aliphatic heterocycles. The number of amides is 1. The number of hydrogen-bond donors (Lipinski definition) is 1. The third-order valence-electron chi connectivity index (χ3n) is 3.05. The van der Waals surface area contributed by atoms with Gasteiger partial charge in [-0.3, -0.25) is 4.79 Å². The molecular formula is C18H14FN3O3. The summed E-state index contributed by atoms with van der Waals surface area (Å²) in [5, 5.41) is 2.60. The first-order chi connectivity index (χ1) is 12.2. The maximum Gasteiger partial charge on any atom is 0.322 e. The number of para-hydroxylation sites is 1. The fourth-order valence-corrected chi connectivity index (χ4v) is 1.90. The van der Waals surface area contributed by atoms with Gasteiger partial charge in [-0.15, -0.1) is 0 Å². The van der Waals surface area contributed by atoms with Crippen LogP contribution in [0, 0.1) is 5.82 Å². The van der Waals surface area contributed by atoms with Crippen molar-refractivity contribution in [2.24, 2.45) is 0 Å². The topological polar surface area (TPSA) is 73.3 Å². The molecule has 0 fully saturated rings. The first-order valence-electron chi connectivity index (χ1n) is 7.42. The summed E-state index contributed by atoms with van der Waals surface area (Å²) in [6, 6.07) is 14.7. The van der Waals surface area contributed by atoms with Gasteiger partial charge in [-0.25, -0.2) is 14.4 Å². The second-order valence-electron chi connectivity index (χ2n) is 4.96. The average Bonchev–Trinajstić information content (AvgIpc) is 2.64. The fourth-order valence-electron chi connectivity index (χ4n) is 1.90. The van der Waals surface area contributed by atoms with Crippen LogP contribution in [0.1, 0.15) is 0 Å². The van der Waals surface area contributed by atoms with Crippen LogP contribution < -0.4 is 14.8 Å². The van der Waals surface area contributed by atoms with Crippen molar-refractivity contribution in [1.29, 1.82) is 0 Å². The lowest BCUT2D eigenvalue weighted by Gasteiger charge is -2.08. The molecule has 0 spiro atoms. The van der Waals surface area contributed by atoms with Crippen LogP contribution >= 0.6 is 0 Å². The summed E-state index contributed by atoms with van der Waals surface area (Å²) in [6.45, 7) is -0.214. The molecule has 3 aromatic rings. The highest BCUT2D eigenvalue weighted by Gasteiger charge is 2.06. The predicted octanol–water partition coefficient (Wildman–Crippen LogP) is 3.43. The molecule has 0 radical (unpaired) electrons. The molecule has 1 heterocycles. The van der Waals surface area contributed by atoms with E-state index < -0.39 is 0 Å². The maximum absolute atomic E-state index is 12.8. The summed E-state index contributed by atoms with van der Waals surface area (Å²) >= 11 is 0. The largest absolute Gasteiger partial charge is 0.484 e. The molecule has 6 nitrogen and oxygen atoms in total. The predicted molar refractivity (Wildman–Crippen MR) is 89.1 cm³/mol. The van der Waals surface area contributed by atoms with Crippen molar-refractivity contribution in [3.8, 4) is 17.5 Å². The number of anilines is 1. The summed E-state index contributed by atoms with van der Waals surface area (Å²) in [4.78, 5) is 19.9. The van der Waals surface area contributed by atoms with Crippen molar-refractivity contribution in [3.63, 3.8) is 0 Å². The van der Waals surface area contributed by atoms with E-state index in [0.717, 1.165) is 0 Å². The van der Waals surface area contributed by atoms with E-state index in [2.05, 4.69) is 15.3 Å². The van der Waals surface area contributed by atoms with Crippen molar-refractivity contribution in [2.75, 3.05) is 11.9 Å². The number of nitrogens with one attached hydrogen (secondary N) is 1. The van der Waals surface area contributed by atoms with E-state index in [0.29, 0.717) is 17.2 Å². The van der Waals surface area contributed by atoms with Gasteiger partial charge in [-0.1, -0.05) is 18.2 Å². The highest BCUT2D eigenvalue weighted by atomic mass is 19.1. The number of benzene rings is 2. The highest BCUT2D eigenvalue weighted by molar-refractivity contribution is 5.91. The Hall–Kier alpha value is -3.48. The van der Waals surface area contributed by atoms with E-state index >= 15 is 0 Å². The fraction of sp³-hybridized carbons (Fsp3) is 0.0556. The molecule has 0 bridgehead atoms. The van der Waals surface area contributed by atoms with Gasteiger partial charge in [0.15, 0.2) is 6.61 Å². The molecule has 0 saturated carbocycles. The number of nitrogens with zero attached hydrogens (tertiary/aromatic N) is 2. The van der Waals surface area contributed by atoms with Crippen molar-refractivity contribution < 1.29 is 18.7 Å². The Bertz CT molecular complexity index is 824. The van der Waals surface area contributed by atoms with Gasteiger partial charge in [0.2, 0.25) is 0 Å². The van der Waals surface area contributed by atoms with Crippen molar-refractivity contribution in [2.45, 2.75) is 0 Å². The van der Waals surface area contributed by atoms with Gasteiger partial charge in [0.25, 0.3) is 5.91 Å². The van der Waals surface area contributed by atoms with E-state index in [9.17, 15) is 9.18 Å². The van der Waals surface area contributed by atoms with E-state index in [4.69, 9.17) is 9.47 Å². The molecule has 2 aromatic carbocycles. The minimum absolute atomic E-state index is 0.173. The Labute approximate surface area is 143 Å². The van der Waals surface area contributed by atoms with Crippen LogP contribution in [0.2, 0.25) is 0 Å². The second-order valence-corrected chi connectivity index (χ2v) is 4.96. The van der Waals surface area contributed by atoms with Gasteiger partial charge in [0.05, 0.1) is 18.1 Å². The lowest BCUT2D eigenvalue weighted by atomic mass is 10.3. The third kappa shape index (κ3) is 5.00. The molecule has 1 amide bonds. The number of halogens is 1. The standard InChI is InChI=1S/C18H14FN3O3/c19-13-6-8-15(9-7-13)24-12-17(23)22-14-10-20-18(21-11-14)25-16-4-2-1-3-5-16/h1-11H,12H2,(H,22,23). The molecule has 1 aromatic heterocycles.